The van der Waals surface area contributed by atoms with Crippen molar-refractivity contribution in [2.24, 2.45) is 0 Å². The predicted octanol–water partition coefficient (Wildman–Crippen LogP) is 0.501. The maximum Gasteiger partial charge on any atom is 0.326 e. The molecule has 0 aliphatic carbocycles. The van der Waals surface area contributed by atoms with Crippen molar-refractivity contribution in [3.63, 3.8) is 0 Å². The number of hydrogen-bond donors (Lipinski definition) is 2. The molecule has 0 bridgehead atoms. The summed E-state index contributed by atoms with van der Waals surface area (Å²) in [5.74, 6) is 1.28. The first-order chi connectivity index (χ1) is 8.72. The van der Waals surface area contributed by atoms with E-state index in [0.29, 0.717) is 36.0 Å². The van der Waals surface area contributed by atoms with Crippen molar-refractivity contribution in [2.75, 3.05) is 13.2 Å². The number of hydrogen-bond acceptors (Lipinski definition) is 4. The zero-order chi connectivity index (χ0) is 12.5. The van der Waals surface area contributed by atoms with Gasteiger partial charge in [0.05, 0.1) is 5.69 Å². The van der Waals surface area contributed by atoms with Crippen LogP contribution < -0.4 is 20.7 Å². The van der Waals surface area contributed by atoms with Crippen molar-refractivity contribution in [1.29, 1.82) is 0 Å². The van der Waals surface area contributed by atoms with Crippen LogP contribution in [0.5, 0.6) is 11.5 Å². The number of ether oxygens (including phenoxy) is 2. The van der Waals surface area contributed by atoms with Crippen LogP contribution in [0.3, 0.4) is 0 Å². The molecule has 0 unspecified atom stereocenters. The molecule has 0 saturated heterocycles. The van der Waals surface area contributed by atoms with Crippen molar-refractivity contribution >= 4 is 0 Å². The van der Waals surface area contributed by atoms with Gasteiger partial charge in [0, 0.05) is 11.6 Å². The fraction of sp³-hybridized carbons (Fsp3) is 0.167. The summed E-state index contributed by atoms with van der Waals surface area (Å²) in [6.45, 7) is 1.01. The number of benzene rings is 1. The average Bonchev–Trinajstić information content (AvgIpc) is 2.37. The predicted molar refractivity (Wildman–Crippen MR) is 64.1 cm³/mol. The minimum absolute atomic E-state index is 0.441. The van der Waals surface area contributed by atoms with Gasteiger partial charge in [0.2, 0.25) is 0 Å². The van der Waals surface area contributed by atoms with Gasteiger partial charge < -0.3 is 14.5 Å². The lowest BCUT2D eigenvalue weighted by Crippen LogP contribution is -2.21. The Bertz CT molecular complexity index is 673. The molecule has 1 aromatic carbocycles. The van der Waals surface area contributed by atoms with Crippen molar-refractivity contribution in [2.45, 2.75) is 0 Å². The number of aromatic amines is 2. The highest BCUT2D eigenvalue weighted by Gasteiger charge is 2.12. The summed E-state index contributed by atoms with van der Waals surface area (Å²) in [7, 11) is 0. The van der Waals surface area contributed by atoms with Gasteiger partial charge in [-0.3, -0.25) is 9.78 Å². The normalized spacial score (nSPS) is 13.3. The second kappa shape index (κ2) is 4.06. The molecule has 0 saturated carbocycles. The largest absolute Gasteiger partial charge is 0.486 e. The van der Waals surface area contributed by atoms with Gasteiger partial charge in [-0.2, -0.15) is 0 Å². The summed E-state index contributed by atoms with van der Waals surface area (Å²) in [6.07, 6.45) is 0. The van der Waals surface area contributed by atoms with E-state index in [-0.39, 0.29) is 0 Å². The van der Waals surface area contributed by atoms with E-state index in [1.54, 1.807) is 18.2 Å². The average molecular weight is 246 g/mol. The van der Waals surface area contributed by atoms with E-state index in [9.17, 15) is 9.59 Å². The minimum Gasteiger partial charge on any atom is -0.486 e. The maximum atomic E-state index is 11.2. The second-order valence-corrected chi connectivity index (χ2v) is 3.86. The molecule has 0 radical (unpaired) electrons. The Kier molecular flexibility index (Phi) is 2.40. The van der Waals surface area contributed by atoms with Gasteiger partial charge in [0.15, 0.2) is 11.5 Å². The lowest BCUT2D eigenvalue weighted by atomic mass is 10.1. The quantitative estimate of drug-likeness (QED) is 0.767. The summed E-state index contributed by atoms with van der Waals surface area (Å²) in [5.41, 5.74) is 0.166. The summed E-state index contributed by atoms with van der Waals surface area (Å²) in [4.78, 5) is 27.1. The summed E-state index contributed by atoms with van der Waals surface area (Å²) < 4.78 is 10.8. The zero-order valence-corrected chi connectivity index (χ0v) is 9.36. The van der Waals surface area contributed by atoms with Crippen molar-refractivity contribution in [3.8, 4) is 22.8 Å². The molecule has 18 heavy (non-hydrogen) atoms. The van der Waals surface area contributed by atoms with Crippen LogP contribution in [-0.2, 0) is 0 Å². The highest BCUT2D eigenvalue weighted by Crippen LogP contribution is 2.33. The third kappa shape index (κ3) is 1.88. The van der Waals surface area contributed by atoms with Crippen molar-refractivity contribution in [3.05, 3.63) is 45.1 Å². The smallest absolute Gasteiger partial charge is 0.326 e. The topological polar surface area (TPSA) is 84.2 Å². The SMILES string of the molecule is O=c1cc(-c2ccc3c(c2)OCCO3)[nH]c(=O)[nH]1. The van der Waals surface area contributed by atoms with Crippen molar-refractivity contribution in [1.82, 2.24) is 9.97 Å². The number of fused-ring (bicyclic) bond motifs is 1. The van der Waals surface area contributed by atoms with Gasteiger partial charge in [-0.25, -0.2) is 4.79 Å². The van der Waals surface area contributed by atoms with Crippen molar-refractivity contribution < 1.29 is 9.47 Å². The molecule has 6 nitrogen and oxygen atoms in total. The molecule has 2 aromatic rings. The number of nitrogens with one attached hydrogen (secondary N) is 2. The molecule has 1 aliphatic rings. The van der Waals surface area contributed by atoms with Crippen LogP contribution in [0.15, 0.2) is 33.9 Å². The molecule has 0 amide bonds. The third-order valence-electron chi connectivity index (χ3n) is 2.61. The lowest BCUT2D eigenvalue weighted by Gasteiger charge is -2.18. The third-order valence-corrected chi connectivity index (χ3v) is 2.61. The first-order valence-corrected chi connectivity index (χ1v) is 5.46. The Balaban J connectivity index is 2.11. The highest BCUT2D eigenvalue weighted by atomic mass is 16.6. The molecule has 6 heteroatoms. The molecular formula is C12H10N2O4. The zero-order valence-electron chi connectivity index (χ0n) is 9.36. The standard InChI is InChI=1S/C12H10N2O4/c15-11-6-8(13-12(16)14-11)7-1-2-9-10(5-7)18-4-3-17-9/h1-2,5-6H,3-4H2,(H2,13,14,15,16). The molecule has 1 aromatic heterocycles. The van der Waals surface area contributed by atoms with E-state index in [0.717, 1.165) is 0 Å². The molecule has 0 fully saturated rings. The molecule has 92 valence electrons. The van der Waals surface area contributed by atoms with Crippen LogP contribution in [0.25, 0.3) is 11.3 Å². The Labute approximate surface area is 101 Å². The van der Waals surface area contributed by atoms with Gasteiger partial charge in [0.1, 0.15) is 13.2 Å². The van der Waals surface area contributed by atoms with Crippen LogP contribution in [0.2, 0.25) is 0 Å². The summed E-state index contributed by atoms with van der Waals surface area (Å²) in [6, 6.07) is 6.58. The van der Waals surface area contributed by atoms with E-state index in [1.165, 1.54) is 6.07 Å². The Hall–Kier alpha value is -2.50. The van der Waals surface area contributed by atoms with Crippen LogP contribution in [0, 0.1) is 0 Å². The summed E-state index contributed by atoms with van der Waals surface area (Å²) in [5, 5.41) is 0. The Morgan fingerprint density at radius 2 is 1.72 bits per heavy atom. The van der Waals surface area contributed by atoms with E-state index in [1.807, 2.05) is 0 Å². The van der Waals surface area contributed by atoms with Crippen LogP contribution in [-0.4, -0.2) is 23.2 Å². The molecule has 2 heterocycles. The van der Waals surface area contributed by atoms with Crippen LogP contribution in [0.4, 0.5) is 0 Å². The van der Waals surface area contributed by atoms with Crippen LogP contribution >= 0.6 is 0 Å². The fourth-order valence-corrected chi connectivity index (χ4v) is 1.84. The van der Waals surface area contributed by atoms with E-state index >= 15 is 0 Å². The van der Waals surface area contributed by atoms with Gasteiger partial charge in [-0.15, -0.1) is 0 Å². The minimum atomic E-state index is -0.535. The first kappa shape index (κ1) is 10.6. The van der Waals surface area contributed by atoms with E-state index < -0.39 is 11.2 Å². The Morgan fingerprint density at radius 3 is 2.50 bits per heavy atom. The molecule has 3 rings (SSSR count). The van der Waals surface area contributed by atoms with Gasteiger partial charge in [0.25, 0.3) is 5.56 Å². The highest BCUT2D eigenvalue weighted by molar-refractivity contribution is 5.63. The molecule has 0 spiro atoms. The van der Waals surface area contributed by atoms with E-state index in [2.05, 4.69) is 9.97 Å². The first-order valence-electron chi connectivity index (χ1n) is 5.46. The molecular weight excluding hydrogens is 236 g/mol. The van der Waals surface area contributed by atoms with Gasteiger partial charge in [-0.1, -0.05) is 0 Å². The maximum absolute atomic E-state index is 11.2. The summed E-state index contributed by atoms with van der Waals surface area (Å²) >= 11 is 0. The number of aromatic nitrogens is 2. The number of rotatable bonds is 1. The van der Waals surface area contributed by atoms with Gasteiger partial charge >= 0.3 is 5.69 Å². The van der Waals surface area contributed by atoms with E-state index in [4.69, 9.17) is 9.47 Å². The van der Waals surface area contributed by atoms with Gasteiger partial charge in [-0.05, 0) is 18.2 Å². The molecule has 2 N–H and O–H groups in total. The molecule has 1 aliphatic heterocycles. The lowest BCUT2D eigenvalue weighted by molar-refractivity contribution is 0.171. The number of H-pyrrole nitrogens is 2. The second-order valence-electron chi connectivity index (χ2n) is 3.86. The Morgan fingerprint density at radius 1 is 0.944 bits per heavy atom. The van der Waals surface area contributed by atoms with Crippen LogP contribution in [0.1, 0.15) is 0 Å². The monoisotopic (exact) mass is 246 g/mol. The molecule has 0 atom stereocenters. The fourth-order valence-electron chi connectivity index (χ4n) is 1.84.